The average molecular weight is 561 g/mol. The summed E-state index contributed by atoms with van der Waals surface area (Å²) in [6.45, 7) is 6.44. The fraction of sp³-hybridized carbons (Fsp3) is 0.467. The molecule has 0 aliphatic carbocycles. The minimum Gasteiger partial charge on any atom is -0.338 e. The van der Waals surface area contributed by atoms with Gasteiger partial charge in [-0.3, -0.25) is 9.89 Å². The molecule has 2 fully saturated rings. The number of piperazine rings is 1. The molecule has 5 amide bonds. The fourth-order valence-corrected chi connectivity index (χ4v) is 5.72. The van der Waals surface area contributed by atoms with Crippen LogP contribution >= 0.6 is 0 Å². The van der Waals surface area contributed by atoms with Gasteiger partial charge in [0, 0.05) is 70.2 Å². The third-order valence-corrected chi connectivity index (χ3v) is 8.14. The van der Waals surface area contributed by atoms with Gasteiger partial charge < -0.3 is 30.2 Å². The number of anilines is 1. The van der Waals surface area contributed by atoms with Crippen LogP contribution in [0.2, 0.25) is 0 Å². The van der Waals surface area contributed by atoms with Crippen molar-refractivity contribution < 1.29 is 14.4 Å². The Labute approximate surface area is 241 Å². The number of aromatic amines is 1. The first kappa shape index (κ1) is 28.4. The first-order valence-electron chi connectivity index (χ1n) is 14.4. The number of hydrogen-bond donors (Lipinski definition) is 3. The van der Waals surface area contributed by atoms with E-state index in [1.165, 1.54) is 0 Å². The van der Waals surface area contributed by atoms with Crippen molar-refractivity contribution in [1.82, 2.24) is 35.1 Å². The van der Waals surface area contributed by atoms with E-state index in [4.69, 9.17) is 0 Å². The van der Waals surface area contributed by atoms with E-state index >= 15 is 0 Å². The van der Waals surface area contributed by atoms with Gasteiger partial charge in [-0.25, -0.2) is 9.59 Å². The number of para-hydroxylation sites is 1. The molecule has 3 N–H and O–H groups in total. The molecule has 1 aromatic carbocycles. The first-order chi connectivity index (χ1) is 19.9. The Hall–Kier alpha value is -4.12. The summed E-state index contributed by atoms with van der Waals surface area (Å²) in [5, 5.41) is 13.0. The van der Waals surface area contributed by atoms with E-state index in [2.05, 4.69) is 32.8 Å². The highest BCUT2D eigenvalue weighted by Gasteiger charge is 2.34. The highest BCUT2D eigenvalue weighted by atomic mass is 16.2. The van der Waals surface area contributed by atoms with E-state index in [9.17, 15) is 14.4 Å². The number of carbonyl (C=O) groups is 3. The zero-order valence-corrected chi connectivity index (χ0v) is 23.9. The van der Waals surface area contributed by atoms with Crippen LogP contribution in [0.25, 0.3) is 0 Å². The van der Waals surface area contributed by atoms with Crippen molar-refractivity contribution in [2.45, 2.75) is 44.8 Å². The van der Waals surface area contributed by atoms with Gasteiger partial charge in [-0.1, -0.05) is 30.3 Å². The second-order valence-electron chi connectivity index (χ2n) is 11.1. The maximum Gasteiger partial charge on any atom is 0.322 e. The number of amides is 5. The number of hydrogen-bond acceptors (Lipinski definition) is 5. The molecule has 4 heterocycles. The van der Waals surface area contributed by atoms with Crippen LogP contribution in [0.1, 0.15) is 29.5 Å². The lowest BCUT2D eigenvalue weighted by molar-refractivity contribution is -0.134. The molecule has 218 valence electrons. The third kappa shape index (κ3) is 7.15. The number of piperidine rings is 1. The number of urea groups is 2. The topological polar surface area (TPSA) is 117 Å². The molecular weight excluding hydrogens is 520 g/mol. The van der Waals surface area contributed by atoms with Crippen LogP contribution in [0, 0.1) is 6.92 Å². The smallest absolute Gasteiger partial charge is 0.322 e. The molecule has 5 rings (SSSR count). The number of rotatable bonds is 5. The number of benzene rings is 1. The Balaban J connectivity index is 1.25. The molecule has 2 saturated heterocycles. The number of likely N-dealkylation sites (N-methyl/N-ethyl adjacent to an activating group) is 1. The Bertz CT molecular complexity index is 1300. The summed E-state index contributed by atoms with van der Waals surface area (Å²) >= 11 is 0. The van der Waals surface area contributed by atoms with Gasteiger partial charge in [-0.05, 0) is 55.6 Å². The Morgan fingerprint density at radius 2 is 1.78 bits per heavy atom. The molecule has 0 radical (unpaired) electrons. The summed E-state index contributed by atoms with van der Waals surface area (Å²) in [5.41, 5.74) is 3.83. The number of likely N-dealkylation sites (tertiary alicyclic amines) is 1. The van der Waals surface area contributed by atoms with Crippen molar-refractivity contribution in [1.29, 1.82) is 0 Å². The third-order valence-electron chi connectivity index (χ3n) is 8.14. The van der Waals surface area contributed by atoms with Crippen molar-refractivity contribution in [3.8, 4) is 0 Å². The Kier molecular flexibility index (Phi) is 9.03. The number of aromatic nitrogens is 2. The monoisotopic (exact) mass is 560 g/mol. The van der Waals surface area contributed by atoms with Gasteiger partial charge in [-0.15, -0.1) is 0 Å². The van der Waals surface area contributed by atoms with E-state index in [0.717, 1.165) is 35.5 Å². The van der Waals surface area contributed by atoms with E-state index in [1.807, 2.05) is 59.2 Å². The number of H-pyrrole nitrogens is 1. The highest BCUT2D eigenvalue weighted by Crippen LogP contribution is 2.27. The summed E-state index contributed by atoms with van der Waals surface area (Å²) in [5.74, 6) is -0.0624. The predicted molar refractivity (Wildman–Crippen MR) is 157 cm³/mol. The zero-order chi connectivity index (χ0) is 28.8. The minimum atomic E-state index is -0.692. The molecular formula is C30H40N8O3. The standard InChI is InChI=1S/C30H40N8O3/c1-22-18-23(6-5-11-31-32-20-22)19-27(28(39)36-16-14-35(2)15-17-36)34-29(40)37-12-9-25(10-13-37)38-21-24-7-3-4-8-26(24)33-30(38)41/h3-8,11,18,20,25,27,31H,9-10,12-17,19,21H2,1-2H3,(H,33,41)(H,34,40). The predicted octanol–water partition coefficient (Wildman–Crippen LogP) is 2.75. The molecule has 3 aliphatic rings. The molecule has 0 bridgehead atoms. The number of fused-ring (bicyclic) bond motifs is 1. The lowest BCUT2D eigenvalue weighted by Gasteiger charge is -2.41. The fourth-order valence-electron chi connectivity index (χ4n) is 5.72. The van der Waals surface area contributed by atoms with Crippen molar-refractivity contribution in [2.75, 3.05) is 51.6 Å². The highest BCUT2D eigenvalue weighted by molar-refractivity contribution is 5.92. The average Bonchev–Trinajstić information content (AvgIpc) is 3.08. The van der Waals surface area contributed by atoms with E-state index in [1.54, 1.807) is 17.3 Å². The second kappa shape index (κ2) is 13.0. The van der Waals surface area contributed by atoms with Crippen LogP contribution in [-0.4, -0.2) is 106 Å². The van der Waals surface area contributed by atoms with Crippen LogP contribution in [0.4, 0.5) is 15.3 Å². The number of nitrogens with one attached hydrogen (secondary N) is 3. The number of carbonyl (C=O) groups excluding carboxylic acids is 3. The molecule has 11 nitrogen and oxygen atoms in total. The van der Waals surface area contributed by atoms with Crippen molar-refractivity contribution in [3.63, 3.8) is 0 Å². The van der Waals surface area contributed by atoms with Crippen LogP contribution in [-0.2, 0) is 17.8 Å². The molecule has 1 atom stereocenters. The second-order valence-corrected chi connectivity index (χ2v) is 11.1. The van der Waals surface area contributed by atoms with E-state index < -0.39 is 6.04 Å². The molecule has 1 aromatic heterocycles. The molecule has 2 aromatic rings. The van der Waals surface area contributed by atoms with Crippen LogP contribution in [0.15, 0.2) is 54.9 Å². The normalized spacial score (nSPS) is 18.7. The van der Waals surface area contributed by atoms with Gasteiger partial charge in [-0.2, -0.15) is 5.10 Å². The minimum absolute atomic E-state index is 0.0503. The number of aryl methyl sites for hydroxylation is 1. The summed E-state index contributed by atoms with van der Waals surface area (Å²) < 4.78 is 0. The Morgan fingerprint density at radius 3 is 2.56 bits per heavy atom. The van der Waals surface area contributed by atoms with Gasteiger partial charge >= 0.3 is 12.1 Å². The molecule has 11 heteroatoms. The molecule has 1 unspecified atom stereocenters. The van der Waals surface area contributed by atoms with Crippen molar-refractivity contribution in [3.05, 3.63) is 71.5 Å². The maximum absolute atomic E-state index is 13.7. The van der Waals surface area contributed by atoms with E-state index in [-0.39, 0.29) is 24.0 Å². The Morgan fingerprint density at radius 1 is 1.02 bits per heavy atom. The zero-order valence-electron chi connectivity index (χ0n) is 23.9. The van der Waals surface area contributed by atoms with Crippen LogP contribution in [0.3, 0.4) is 0 Å². The summed E-state index contributed by atoms with van der Waals surface area (Å²) in [6.07, 6.45) is 5.19. The van der Waals surface area contributed by atoms with Gasteiger partial charge in [0.05, 0.1) is 6.20 Å². The van der Waals surface area contributed by atoms with Crippen LogP contribution < -0.4 is 10.6 Å². The van der Waals surface area contributed by atoms with Gasteiger partial charge in [0.1, 0.15) is 6.04 Å². The quantitative estimate of drug-likeness (QED) is 0.520. The summed E-state index contributed by atoms with van der Waals surface area (Å²) in [4.78, 5) is 47.7. The van der Waals surface area contributed by atoms with Gasteiger partial charge in [0.2, 0.25) is 5.91 Å². The van der Waals surface area contributed by atoms with Crippen molar-refractivity contribution >= 4 is 23.7 Å². The van der Waals surface area contributed by atoms with Crippen molar-refractivity contribution in [2.24, 2.45) is 0 Å². The molecule has 0 saturated carbocycles. The first-order valence-corrected chi connectivity index (χ1v) is 14.4. The maximum atomic E-state index is 13.7. The van der Waals surface area contributed by atoms with E-state index in [0.29, 0.717) is 52.0 Å². The summed E-state index contributed by atoms with van der Waals surface area (Å²) in [6, 6.07) is 12.7. The molecule has 41 heavy (non-hydrogen) atoms. The van der Waals surface area contributed by atoms with Crippen LogP contribution in [0.5, 0.6) is 0 Å². The number of nitrogens with zero attached hydrogens (tertiary/aromatic N) is 5. The SMILES string of the molecule is Cc1cn[nH]cccc(CC(NC(=O)N2CCC(N3Cc4ccccc4NC3=O)CC2)C(=O)N2CCN(C)CC2)c1. The summed E-state index contributed by atoms with van der Waals surface area (Å²) in [7, 11) is 2.05. The van der Waals surface area contributed by atoms with Gasteiger partial charge in [0.15, 0.2) is 0 Å². The lowest BCUT2D eigenvalue weighted by atomic mass is 10.0. The molecule has 0 spiro atoms. The molecule has 3 aliphatic heterocycles. The lowest BCUT2D eigenvalue weighted by Crippen LogP contribution is -2.58. The largest absolute Gasteiger partial charge is 0.338 e. The van der Waals surface area contributed by atoms with Gasteiger partial charge in [0.25, 0.3) is 0 Å².